The predicted molar refractivity (Wildman–Crippen MR) is 70.6 cm³/mol. The number of carboxylic acid groups (broad SMARTS) is 2. The SMILES string of the molecule is CNC(=O)C1CCCCN1C(=O)NC(CC(=O)O)C(=O)O. The molecule has 0 aliphatic carbocycles. The average molecular weight is 301 g/mol. The summed E-state index contributed by atoms with van der Waals surface area (Å²) in [6.45, 7) is 0.323. The summed E-state index contributed by atoms with van der Waals surface area (Å²) in [5.74, 6) is -3.08. The van der Waals surface area contributed by atoms with E-state index < -0.39 is 36.5 Å². The van der Waals surface area contributed by atoms with Gasteiger partial charge in [-0.3, -0.25) is 9.59 Å². The molecule has 2 unspecified atom stereocenters. The molecule has 0 bridgehead atoms. The number of likely N-dealkylation sites (tertiary alicyclic amines) is 1. The maximum absolute atomic E-state index is 12.1. The van der Waals surface area contributed by atoms with E-state index in [1.165, 1.54) is 11.9 Å². The molecule has 1 heterocycles. The maximum Gasteiger partial charge on any atom is 0.326 e. The molecule has 9 heteroatoms. The van der Waals surface area contributed by atoms with E-state index in [9.17, 15) is 19.2 Å². The zero-order valence-corrected chi connectivity index (χ0v) is 11.7. The fraction of sp³-hybridized carbons (Fsp3) is 0.667. The van der Waals surface area contributed by atoms with Crippen molar-refractivity contribution >= 4 is 23.9 Å². The summed E-state index contributed by atoms with van der Waals surface area (Å²) in [6.07, 6.45) is 1.26. The van der Waals surface area contributed by atoms with Gasteiger partial charge in [-0.25, -0.2) is 9.59 Å². The van der Waals surface area contributed by atoms with Gasteiger partial charge in [0.1, 0.15) is 12.1 Å². The van der Waals surface area contributed by atoms with Gasteiger partial charge in [0.2, 0.25) is 5.91 Å². The number of piperidine rings is 1. The number of aliphatic carboxylic acids is 2. The van der Waals surface area contributed by atoms with Crippen LogP contribution < -0.4 is 10.6 Å². The van der Waals surface area contributed by atoms with Gasteiger partial charge < -0.3 is 25.7 Å². The molecule has 0 aromatic heterocycles. The van der Waals surface area contributed by atoms with Crippen LogP contribution >= 0.6 is 0 Å². The second-order valence-corrected chi connectivity index (χ2v) is 4.76. The van der Waals surface area contributed by atoms with E-state index in [0.29, 0.717) is 19.4 Å². The lowest BCUT2D eigenvalue weighted by molar-refractivity contribution is -0.145. The van der Waals surface area contributed by atoms with Crippen molar-refractivity contribution in [2.45, 2.75) is 37.8 Å². The Kier molecular flexibility index (Phi) is 5.94. The predicted octanol–water partition coefficient (Wildman–Crippen LogP) is -0.776. The minimum atomic E-state index is -1.53. The number of carboxylic acids is 2. The minimum absolute atomic E-state index is 0.323. The molecule has 9 nitrogen and oxygen atoms in total. The summed E-state index contributed by atoms with van der Waals surface area (Å²) in [7, 11) is 1.46. The van der Waals surface area contributed by atoms with Crippen molar-refractivity contribution in [1.82, 2.24) is 15.5 Å². The van der Waals surface area contributed by atoms with Gasteiger partial charge in [0.15, 0.2) is 0 Å². The first-order chi connectivity index (χ1) is 9.86. The topological polar surface area (TPSA) is 136 Å². The highest BCUT2D eigenvalue weighted by Gasteiger charge is 2.33. The van der Waals surface area contributed by atoms with Gasteiger partial charge in [-0.2, -0.15) is 0 Å². The molecule has 1 fully saturated rings. The number of carbonyl (C=O) groups excluding carboxylic acids is 2. The van der Waals surface area contributed by atoms with Crippen LogP contribution in [0, 0.1) is 0 Å². The highest BCUT2D eigenvalue weighted by molar-refractivity contribution is 5.90. The van der Waals surface area contributed by atoms with Crippen molar-refractivity contribution in [3.8, 4) is 0 Å². The Balaban J connectivity index is 2.76. The summed E-state index contributed by atoms with van der Waals surface area (Å²) in [5, 5.41) is 22.2. The van der Waals surface area contributed by atoms with E-state index in [0.717, 1.165) is 6.42 Å². The van der Waals surface area contributed by atoms with Gasteiger partial charge in [-0.1, -0.05) is 0 Å². The molecule has 0 saturated carbocycles. The van der Waals surface area contributed by atoms with Crippen LogP contribution in [-0.2, 0) is 14.4 Å². The molecule has 0 aromatic rings. The molecule has 21 heavy (non-hydrogen) atoms. The fourth-order valence-corrected chi connectivity index (χ4v) is 2.22. The highest BCUT2D eigenvalue weighted by Crippen LogP contribution is 2.17. The van der Waals surface area contributed by atoms with Gasteiger partial charge in [-0.15, -0.1) is 0 Å². The van der Waals surface area contributed by atoms with E-state index in [1.54, 1.807) is 0 Å². The first-order valence-corrected chi connectivity index (χ1v) is 6.60. The highest BCUT2D eigenvalue weighted by atomic mass is 16.4. The van der Waals surface area contributed by atoms with Gasteiger partial charge in [0, 0.05) is 13.6 Å². The molecule has 1 saturated heterocycles. The minimum Gasteiger partial charge on any atom is -0.481 e. The Morgan fingerprint density at radius 3 is 2.43 bits per heavy atom. The van der Waals surface area contributed by atoms with E-state index in [1.807, 2.05) is 0 Å². The lowest BCUT2D eigenvalue weighted by atomic mass is 10.0. The number of likely N-dealkylation sites (N-methyl/N-ethyl adjacent to an activating group) is 1. The van der Waals surface area contributed by atoms with Crippen molar-refractivity contribution in [2.24, 2.45) is 0 Å². The van der Waals surface area contributed by atoms with Crippen molar-refractivity contribution in [3.05, 3.63) is 0 Å². The molecule has 1 rings (SSSR count). The Hall–Kier alpha value is -2.32. The molecule has 3 amide bonds. The standard InChI is InChI=1S/C12H19N3O6/c1-13-10(18)8-4-2-3-5-15(8)12(21)14-7(11(19)20)6-9(16)17/h7-8H,2-6H2,1H3,(H,13,18)(H,14,21)(H,16,17)(H,19,20). The first kappa shape index (κ1) is 16.7. The van der Waals surface area contributed by atoms with Crippen LogP contribution in [0.3, 0.4) is 0 Å². The Morgan fingerprint density at radius 2 is 1.90 bits per heavy atom. The molecule has 2 atom stereocenters. The van der Waals surface area contributed by atoms with Crippen LogP contribution in [0.1, 0.15) is 25.7 Å². The third-order valence-electron chi connectivity index (χ3n) is 3.29. The first-order valence-electron chi connectivity index (χ1n) is 6.60. The number of nitrogens with one attached hydrogen (secondary N) is 2. The van der Waals surface area contributed by atoms with Crippen molar-refractivity contribution in [2.75, 3.05) is 13.6 Å². The quantitative estimate of drug-likeness (QED) is 0.526. The van der Waals surface area contributed by atoms with Crippen LogP contribution in [0.25, 0.3) is 0 Å². The summed E-state index contributed by atoms with van der Waals surface area (Å²) in [5.41, 5.74) is 0. The Labute approximate surface area is 121 Å². The third kappa shape index (κ3) is 4.62. The maximum atomic E-state index is 12.1. The molecule has 0 aromatic carbocycles. The van der Waals surface area contributed by atoms with Crippen LogP contribution in [-0.4, -0.2) is 64.7 Å². The molecular formula is C12H19N3O6. The van der Waals surface area contributed by atoms with E-state index in [4.69, 9.17) is 10.2 Å². The summed E-state index contributed by atoms with van der Waals surface area (Å²) >= 11 is 0. The van der Waals surface area contributed by atoms with Crippen LogP contribution in [0.4, 0.5) is 4.79 Å². The number of hydrogen-bond donors (Lipinski definition) is 4. The number of nitrogens with zero attached hydrogens (tertiary/aromatic N) is 1. The molecule has 0 radical (unpaired) electrons. The van der Waals surface area contributed by atoms with Crippen molar-refractivity contribution in [3.63, 3.8) is 0 Å². The fourth-order valence-electron chi connectivity index (χ4n) is 2.22. The molecule has 118 valence electrons. The third-order valence-corrected chi connectivity index (χ3v) is 3.29. The smallest absolute Gasteiger partial charge is 0.326 e. The van der Waals surface area contributed by atoms with E-state index in [-0.39, 0.29) is 5.91 Å². The van der Waals surface area contributed by atoms with E-state index >= 15 is 0 Å². The molecular weight excluding hydrogens is 282 g/mol. The van der Waals surface area contributed by atoms with Crippen molar-refractivity contribution < 1.29 is 29.4 Å². The second kappa shape index (κ2) is 7.46. The van der Waals surface area contributed by atoms with Crippen LogP contribution in [0.2, 0.25) is 0 Å². The second-order valence-electron chi connectivity index (χ2n) is 4.76. The summed E-state index contributed by atoms with van der Waals surface area (Å²) in [4.78, 5) is 46.6. The lowest BCUT2D eigenvalue weighted by Crippen LogP contribution is -2.57. The van der Waals surface area contributed by atoms with Gasteiger partial charge in [0.05, 0.1) is 6.42 Å². The monoisotopic (exact) mass is 301 g/mol. The van der Waals surface area contributed by atoms with Crippen LogP contribution in [0.5, 0.6) is 0 Å². The largest absolute Gasteiger partial charge is 0.481 e. The van der Waals surface area contributed by atoms with Gasteiger partial charge in [0.25, 0.3) is 0 Å². The van der Waals surface area contributed by atoms with Gasteiger partial charge in [-0.05, 0) is 19.3 Å². The number of amides is 3. The number of rotatable bonds is 5. The Morgan fingerprint density at radius 1 is 1.24 bits per heavy atom. The number of carbonyl (C=O) groups is 4. The number of hydrogen-bond acceptors (Lipinski definition) is 4. The summed E-state index contributed by atoms with van der Waals surface area (Å²) < 4.78 is 0. The van der Waals surface area contributed by atoms with Gasteiger partial charge >= 0.3 is 18.0 Å². The Bertz CT molecular complexity index is 439. The van der Waals surface area contributed by atoms with Crippen molar-refractivity contribution in [1.29, 1.82) is 0 Å². The lowest BCUT2D eigenvalue weighted by Gasteiger charge is -2.34. The zero-order chi connectivity index (χ0) is 16.0. The zero-order valence-electron chi connectivity index (χ0n) is 11.7. The summed E-state index contributed by atoms with van der Waals surface area (Å²) in [6, 6.07) is -2.93. The molecule has 0 spiro atoms. The number of urea groups is 1. The average Bonchev–Trinajstić information content (AvgIpc) is 2.45. The molecule has 4 N–H and O–H groups in total. The molecule has 1 aliphatic heterocycles. The van der Waals surface area contributed by atoms with Crippen LogP contribution in [0.15, 0.2) is 0 Å². The van der Waals surface area contributed by atoms with E-state index in [2.05, 4.69) is 10.6 Å². The molecule has 1 aliphatic rings. The normalized spacial score (nSPS) is 19.5.